The standard InChI is InChI=1S/C23H22FN5O5/c1-23(2)14-6-5-11(7-13(14)20(31)29-21(23)32)26-19-15(24)10-25-22(28-19)27-12-8-16(30)18(34-4)17(9-12)33-3/h5-10,30H,1-4H3,(H,29,31,32)(H2,25,26,27,28). The molecule has 1 aliphatic rings. The van der Waals surface area contributed by atoms with Crippen LogP contribution in [0.25, 0.3) is 0 Å². The van der Waals surface area contributed by atoms with Gasteiger partial charge in [-0.05, 0) is 31.5 Å². The van der Waals surface area contributed by atoms with E-state index in [0.717, 1.165) is 6.20 Å². The van der Waals surface area contributed by atoms with Crippen molar-refractivity contribution >= 4 is 35.0 Å². The van der Waals surface area contributed by atoms with E-state index in [-0.39, 0.29) is 34.9 Å². The summed E-state index contributed by atoms with van der Waals surface area (Å²) in [7, 11) is 2.82. The molecule has 176 valence electrons. The van der Waals surface area contributed by atoms with Gasteiger partial charge in [0.25, 0.3) is 5.91 Å². The summed E-state index contributed by atoms with van der Waals surface area (Å²) in [5, 5.41) is 18.2. The summed E-state index contributed by atoms with van der Waals surface area (Å²) in [5.41, 5.74) is 0.773. The maximum Gasteiger partial charge on any atom is 0.258 e. The Balaban J connectivity index is 1.62. The van der Waals surface area contributed by atoms with Crippen LogP contribution in [0.4, 0.5) is 27.5 Å². The van der Waals surface area contributed by atoms with Gasteiger partial charge in [-0.25, -0.2) is 9.37 Å². The number of phenolic OH excluding ortho intramolecular Hbond substituents is 1. The van der Waals surface area contributed by atoms with Crippen molar-refractivity contribution in [3.8, 4) is 17.2 Å². The van der Waals surface area contributed by atoms with Crippen LogP contribution in [0.5, 0.6) is 17.2 Å². The zero-order chi connectivity index (χ0) is 24.6. The van der Waals surface area contributed by atoms with Crippen LogP contribution in [0.15, 0.2) is 36.5 Å². The maximum absolute atomic E-state index is 14.4. The third-order valence-corrected chi connectivity index (χ3v) is 5.45. The number of imide groups is 1. The molecule has 4 N–H and O–H groups in total. The molecule has 0 spiro atoms. The molecular weight excluding hydrogens is 445 g/mol. The minimum Gasteiger partial charge on any atom is -0.504 e. The lowest BCUT2D eigenvalue weighted by Gasteiger charge is -2.30. The minimum atomic E-state index is -0.885. The number of aromatic hydroxyl groups is 1. The molecule has 1 aromatic heterocycles. The highest BCUT2D eigenvalue weighted by Crippen LogP contribution is 2.40. The topological polar surface area (TPSA) is 135 Å². The van der Waals surface area contributed by atoms with Crippen LogP contribution in [-0.2, 0) is 10.2 Å². The van der Waals surface area contributed by atoms with Gasteiger partial charge >= 0.3 is 0 Å². The van der Waals surface area contributed by atoms with E-state index in [0.29, 0.717) is 22.5 Å². The van der Waals surface area contributed by atoms with Gasteiger partial charge < -0.3 is 25.2 Å². The van der Waals surface area contributed by atoms with Crippen molar-refractivity contribution < 1.29 is 28.6 Å². The monoisotopic (exact) mass is 467 g/mol. The Bertz CT molecular complexity index is 1310. The number of anilines is 4. The number of hydrogen-bond acceptors (Lipinski definition) is 9. The number of hydrogen-bond donors (Lipinski definition) is 4. The zero-order valence-electron chi connectivity index (χ0n) is 18.8. The zero-order valence-corrected chi connectivity index (χ0v) is 18.8. The molecule has 0 unspecified atom stereocenters. The second kappa shape index (κ2) is 8.50. The molecule has 2 amide bonds. The third kappa shape index (κ3) is 4.03. The van der Waals surface area contributed by atoms with E-state index in [9.17, 15) is 19.1 Å². The summed E-state index contributed by atoms with van der Waals surface area (Å²) < 4.78 is 24.7. The molecule has 1 aliphatic heterocycles. The first kappa shape index (κ1) is 22.8. The van der Waals surface area contributed by atoms with E-state index in [1.54, 1.807) is 32.0 Å². The lowest BCUT2D eigenvalue weighted by Crippen LogP contribution is -2.48. The van der Waals surface area contributed by atoms with Gasteiger partial charge in [-0.1, -0.05) is 6.07 Å². The van der Waals surface area contributed by atoms with Gasteiger partial charge in [0.1, 0.15) is 0 Å². The summed E-state index contributed by atoms with van der Waals surface area (Å²) in [6.07, 6.45) is 0.977. The largest absolute Gasteiger partial charge is 0.504 e. The third-order valence-electron chi connectivity index (χ3n) is 5.45. The van der Waals surface area contributed by atoms with Crippen molar-refractivity contribution in [3.63, 3.8) is 0 Å². The number of amides is 2. The first-order chi connectivity index (χ1) is 16.1. The number of fused-ring (bicyclic) bond motifs is 1. The average Bonchev–Trinajstić information content (AvgIpc) is 2.79. The summed E-state index contributed by atoms with van der Waals surface area (Å²) in [6, 6.07) is 7.75. The lowest BCUT2D eigenvalue weighted by molar-refractivity contribution is -0.125. The van der Waals surface area contributed by atoms with Crippen LogP contribution in [0, 0.1) is 5.82 Å². The first-order valence-electron chi connectivity index (χ1n) is 10.2. The van der Waals surface area contributed by atoms with Crippen LogP contribution in [0.3, 0.4) is 0 Å². The molecule has 34 heavy (non-hydrogen) atoms. The Hall–Kier alpha value is -4.41. The second-order valence-electron chi connectivity index (χ2n) is 8.04. The van der Waals surface area contributed by atoms with Gasteiger partial charge in [0.15, 0.2) is 23.1 Å². The number of carbonyl (C=O) groups excluding carboxylic acids is 2. The quantitative estimate of drug-likeness (QED) is 0.403. The molecule has 11 heteroatoms. The molecular formula is C23H22FN5O5. The predicted molar refractivity (Wildman–Crippen MR) is 122 cm³/mol. The highest BCUT2D eigenvalue weighted by Gasteiger charge is 2.39. The van der Waals surface area contributed by atoms with E-state index in [1.807, 2.05) is 0 Å². The van der Waals surface area contributed by atoms with E-state index >= 15 is 0 Å². The van der Waals surface area contributed by atoms with Crippen LogP contribution >= 0.6 is 0 Å². The van der Waals surface area contributed by atoms with E-state index in [2.05, 4.69) is 25.9 Å². The number of nitrogens with one attached hydrogen (secondary N) is 3. The summed E-state index contributed by atoms with van der Waals surface area (Å²) in [4.78, 5) is 32.5. The first-order valence-corrected chi connectivity index (χ1v) is 10.2. The van der Waals surface area contributed by atoms with Gasteiger partial charge in [-0.2, -0.15) is 4.98 Å². The number of methoxy groups -OCH3 is 2. The van der Waals surface area contributed by atoms with Crippen LogP contribution in [-0.4, -0.2) is 41.1 Å². The highest BCUT2D eigenvalue weighted by molar-refractivity contribution is 6.13. The number of nitrogens with zero attached hydrogens (tertiary/aromatic N) is 2. The van der Waals surface area contributed by atoms with Gasteiger partial charge in [0.05, 0.1) is 25.8 Å². The number of halogens is 1. The molecule has 0 fully saturated rings. The Morgan fingerprint density at radius 2 is 1.82 bits per heavy atom. The molecule has 0 saturated carbocycles. The Morgan fingerprint density at radius 1 is 1.06 bits per heavy atom. The van der Waals surface area contributed by atoms with Crippen LogP contribution in [0.2, 0.25) is 0 Å². The Kier molecular flexibility index (Phi) is 5.70. The molecule has 0 atom stereocenters. The number of phenols is 1. The number of aromatic nitrogens is 2. The van der Waals surface area contributed by atoms with Gasteiger partial charge in [0.2, 0.25) is 17.6 Å². The molecule has 0 aliphatic carbocycles. The Morgan fingerprint density at radius 3 is 2.53 bits per heavy atom. The Labute approximate surface area is 194 Å². The number of benzene rings is 2. The minimum absolute atomic E-state index is 0.0398. The SMILES string of the molecule is COc1cc(Nc2ncc(F)c(Nc3ccc4c(c3)C(=O)NC(=O)C4(C)C)n2)cc(O)c1OC. The number of carbonyl (C=O) groups is 2. The molecule has 0 bridgehead atoms. The summed E-state index contributed by atoms with van der Waals surface area (Å²) >= 11 is 0. The van der Waals surface area contributed by atoms with Crippen LogP contribution in [0.1, 0.15) is 29.8 Å². The molecule has 2 aromatic carbocycles. The van der Waals surface area contributed by atoms with Crippen molar-refractivity contribution in [2.75, 3.05) is 24.9 Å². The van der Waals surface area contributed by atoms with E-state index < -0.39 is 17.1 Å². The average molecular weight is 467 g/mol. The smallest absolute Gasteiger partial charge is 0.258 e. The molecule has 3 aromatic rings. The van der Waals surface area contributed by atoms with Crippen molar-refractivity contribution in [1.82, 2.24) is 15.3 Å². The fourth-order valence-corrected chi connectivity index (χ4v) is 3.60. The normalized spacial score (nSPS) is 14.1. The molecule has 0 saturated heterocycles. The van der Waals surface area contributed by atoms with E-state index in [1.165, 1.54) is 26.4 Å². The van der Waals surface area contributed by atoms with Crippen molar-refractivity contribution in [2.24, 2.45) is 0 Å². The fourth-order valence-electron chi connectivity index (χ4n) is 3.60. The molecule has 4 rings (SSSR count). The van der Waals surface area contributed by atoms with Crippen molar-refractivity contribution in [2.45, 2.75) is 19.3 Å². The summed E-state index contributed by atoms with van der Waals surface area (Å²) in [6.45, 7) is 3.43. The lowest BCUT2D eigenvalue weighted by atomic mass is 9.78. The second-order valence-corrected chi connectivity index (χ2v) is 8.04. The number of rotatable bonds is 6. The van der Waals surface area contributed by atoms with Crippen molar-refractivity contribution in [1.29, 1.82) is 0 Å². The highest BCUT2D eigenvalue weighted by atomic mass is 19.1. The van der Waals surface area contributed by atoms with E-state index in [4.69, 9.17) is 9.47 Å². The molecule has 0 radical (unpaired) electrons. The van der Waals surface area contributed by atoms with Crippen molar-refractivity contribution in [3.05, 3.63) is 53.5 Å². The molecule has 2 heterocycles. The summed E-state index contributed by atoms with van der Waals surface area (Å²) in [5.74, 6) is -1.47. The fraction of sp³-hybridized carbons (Fsp3) is 0.217. The van der Waals surface area contributed by atoms with Gasteiger partial charge in [-0.15, -0.1) is 0 Å². The molecule has 10 nitrogen and oxygen atoms in total. The van der Waals surface area contributed by atoms with Crippen LogP contribution < -0.4 is 25.4 Å². The number of ether oxygens (including phenoxy) is 2. The van der Waals surface area contributed by atoms with Gasteiger partial charge in [-0.3, -0.25) is 14.9 Å². The van der Waals surface area contributed by atoms with Gasteiger partial charge in [0, 0.05) is 29.1 Å². The maximum atomic E-state index is 14.4. The predicted octanol–water partition coefficient (Wildman–Crippen LogP) is 3.37.